The molecule has 0 spiro atoms. The molecule has 1 N–H and O–H groups in total. The van der Waals surface area contributed by atoms with Gasteiger partial charge in [0, 0.05) is 19.6 Å². The molecule has 0 aromatic carbocycles. The zero-order valence-electron chi connectivity index (χ0n) is 10.5. The summed E-state index contributed by atoms with van der Waals surface area (Å²) in [7, 11) is 1.92. The summed E-state index contributed by atoms with van der Waals surface area (Å²) in [5.41, 5.74) is 0. The van der Waals surface area contributed by atoms with Crippen molar-refractivity contribution >= 4 is 0 Å². The van der Waals surface area contributed by atoms with E-state index in [2.05, 4.69) is 20.3 Å². The van der Waals surface area contributed by atoms with Gasteiger partial charge in [-0.25, -0.2) is 4.98 Å². The molecule has 0 radical (unpaired) electrons. The molecule has 3 rings (SSSR count). The molecule has 1 saturated carbocycles. The van der Waals surface area contributed by atoms with Crippen molar-refractivity contribution in [3.05, 3.63) is 12.2 Å². The van der Waals surface area contributed by atoms with Crippen molar-refractivity contribution in [1.82, 2.24) is 25.0 Å². The maximum absolute atomic E-state index is 4.33. The lowest BCUT2D eigenvalue weighted by Crippen LogP contribution is -2.27. The molecule has 1 unspecified atom stereocenters. The van der Waals surface area contributed by atoms with Gasteiger partial charge in [0.15, 0.2) is 5.82 Å². The van der Waals surface area contributed by atoms with E-state index < -0.39 is 0 Å². The first kappa shape index (κ1) is 11.2. The molecular weight excluding hydrogens is 214 g/mol. The second kappa shape index (κ2) is 4.74. The van der Waals surface area contributed by atoms with Gasteiger partial charge in [0.2, 0.25) is 0 Å². The SMILES string of the molecule is Cn1cnc(CN2CCC(CNC3CC3)C2)n1. The van der Waals surface area contributed by atoms with Crippen LogP contribution in [-0.4, -0.2) is 45.3 Å². The molecule has 2 fully saturated rings. The fraction of sp³-hybridized carbons (Fsp3) is 0.833. The number of likely N-dealkylation sites (tertiary alicyclic amines) is 1. The van der Waals surface area contributed by atoms with Crippen LogP contribution in [0, 0.1) is 5.92 Å². The highest BCUT2D eigenvalue weighted by Crippen LogP contribution is 2.21. The standard InChI is InChI=1S/C12H21N5/c1-16-9-14-12(15-16)8-17-5-4-10(7-17)6-13-11-2-3-11/h9-11,13H,2-8H2,1H3. The highest BCUT2D eigenvalue weighted by molar-refractivity contribution is 4.87. The first-order chi connectivity index (χ1) is 8.29. The minimum atomic E-state index is 0.819. The van der Waals surface area contributed by atoms with Gasteiger partial charge in [-0.2, -0.15) is 5.10 Å². The Balaban J connectivity index is 1.43. The molecule has 1 aromatic heterocycles. The van der Waals surface area contributed by atoms with Crippen LogP contribution < -0.4 is 5.32 Å². The van der Waals surface area contributed by atoms with E-state index in [4.69, 9.17) is 0 Å². The van der Waals surface area contributed by atoms with Crippen LogP contribution in [0.4, 0.5) is 0 Å². The summed E-state index contributed by atoms with van der Waals surface area (Å²) in [5, 5.41) is 7.96. The summed E-state index contributed by atoms with van der Waals surface area (Å²) in [6, 6.07) is 0.835. The number of hydrogen-bond acceptors (Lipinski definition) is 4. The third-order valence-electron chi connectivity index (χ3n) is 3.65. The first-order valence-corrected chi connectivity index (χ1v) is 6.60. The van der Waals surface area contributed by atoms with Gasteiger partial charge in [-0.3, -0.25) is 9.58 Å². The summed E-state index contributed by atoms with van der Waals surface area (Å²) in [4.78, 5) is 6.75. The smallest absolute Gasteiger partial charge is 0.164 e. The Morgan fingerprint density at radius 3 is 3.00 bits per heavy atom. The maximum Gasteiger partial charge on any atom is 0.164 e. The maximum atomic E-state index is 4.33. The van der Waals surface area contributed by atoms with Gasteiger partial charge in [0.25, 0.3) is 0 Å². The third kappa shape index (κ3) is 3.04. The van der Waals surface area contributed by atoms with Crippen molar-refractivity contribution in [3.8, 4) is 0 Å². The zero-order valence-corrected chi connectivity index (χ0v) is 10.5. The highest BCUT2D eigenvalue weighted by Gasteiger charge is 2.26. The number of nitrogens with one attached hydrogen (secondary N) is 1. The van der Waals surface area contributed by atoms with Crippen LogP contribution in [0.1, 0.15) is 25.1 Å². The van der Waals surface area contributed by atoms with E-state index >= 15 is 0 Å². The van der Waals surface area contributed by atoms with Crippen molar-refractivity contribution in [2.75, 3.05) is 19.6 Å². The second-order valence-corrected chi connectivity index (χ2v) is 5.41. The van der Waals surface area contributed by atoms with Crippen LogP contribution in [-0.2, 0) is 13.6 Å². The van der Waals surface area contributed by atoms with E-state index in [1.807, 2.05) is 7.05 Å². The summed E-state index contributed by atoms with van der Waals surface area (Å²) >= 11 is 0. The van der Waals surface area contributed by atoms with Crippen molar-refractivity contribution in [2.24, 2.45) is 13.0 Å². The Bertz CT molecular complexity index is 371. The molecule has 5 nitrogen and oxygen atoms in total. The number of hydrogen-bond donors (Lipinski definition) is 1. The monoisotopic (exact) mass is 235 g/mol. The predicted octanol–water partition coefficient (Wildman–Crippen LogP) is 0.389. The fourth-order valence-corrected chi connectivity index (χ4v) is 2.50. The lowest BCUT2D eigenvalue weighted by molar-refractivity contribution is 0.306. The average molecular weight is 235 g/mol. The van der Waals surface area contributed by atoms with Crippen LogP contribution >= 0.6 is 0 Å². The van der Waals surface area contributed by atoms with Gasteiger partial charge >= 0.3 is 0 Å². The van der Waals surface area contributed by atoms with Crippen molar-refractivity contribution in [2.45, 2.75) is 31.8 Å². The zero-order chi connectivity index (χ0) is 11.7. The summed E-state index contributed by atoms with van der Waals surface area (Å²) in [5.74, 6) is 1.77. The number of aryl methyl sites for hydroxylation is 1. The summed E-state index contributed by atoms with van der Waals surface area (Å²) in [6.07, 6.45) is 5.85. The van der Waals surface area contributed by atoms with Gasteiger partial charge in [-0.15, -0.1) is 0 Å². The minimum absolute atomic E-state index is 0.819. The van der Waals surface area contributed by atoms with Crippen LogP contribution in [0.3, 0.4) is 0 Å². The Labute approximate surface area is 102 Å². The lowest BCUT2D eigenvalue weighted by Gasteiger charge is -2.14. The molecular formula is C12H21N5. The molecule has 1 saturated heterocycles. The molecule has 1 aliphatic heterocycles. The molecule has 94 valence electrons. The highest BCUT2D eigenvalue weighted by atomic mass is 15.3. The second-order valence-electron chi connectivity index (χ2n) is 5.41. The Kier molecular flexibility index (Phi) is 3.11. The number of nitrogens with zero attached hydrogens (tertiary/aromatic N) is 4. The summed E-state index contributed by atoms with van der Waals surface area (Å²) < 4.78 is 1.78. The average Bonchev–Trinajstić information content (AvgIpc) is 2.90. The summed E-state index contributed by atoms with van der Waals surface area (Å²) in [6.45, 7) is 4.48. The Morgan fingerprint density at radius 1 is 1.41 bits per heavy atom. The largest absolute Gasteiger partial charge is 0.314 e. The van der Waals surface area contributed by atoms with Crippen LogP contribution in [0.2, 0.25) is 0 Å². The van der Waals surface area contributed by atoms with E-state index in [9.17, 15) is 0 Å². The molecule has 5 heteroatoms. The quantitative estimate of drug-likeness (QED) is 0.802. The predicted molar refractivity (Wildman–Crippen MR) is 65.4 cm³/mol. The lowest BCUT2D eigenvalue weighted by atomic mass is 10.1. The van der Waals surface area contributed by atoms with E-state index in [0.29, 0.717) is 0 Å². The molecule has 1 atom stereocenters. The minimum Gasteiger partial charge on any atom is -0.314 e. The molecule has 0 bridgehead atoms. The molecule has 2 aliphatic rings. The van der Waals surface area contributed by atoms with Gasteiger partial charge < -0.3 is 5.32 Å². The van der Waals surface area contributed by atoms with Crippen LogP contribution in [0.25, 0.3) is 0 Å². The van der Waals surface area contributed by atoms with E-state index in [-0.39, 0.29) is 0 Å². The molecule has 17 heavy (non-hydrogen) atoms. The van der Waals surface area contributed by atoms with Gasteiger partial charge in [0.1, 0.15) is 6.33 Å². The third-order valence-corrected chi connectivity index (χ3v) is 3.65. The van der Waals surface area contributed by atoms with Gasteiger partial charge in [-0.05, 0) is 38.3 Å². The normalized spacial score (nSPS) is 25.6. The van der Waals surface area contributed by atoms with Crippen LogP contribution in [0.15, 0.2) is 6.33 Å². The molecule has 2 heterocycles. The van der Waals surface area contributed by atoms with Crippen LogP contribution in [0.5, 0.6) is 0 Å². The van der Waals surface area contributed by atoms with E-state index in [0.717, 1.165) is 24.3 Å². The molecule has 0 amide bonds. The Hall–Kier alpha value is -0.940. The van der Waals surface area contributed by atoms with Crippen molar-refractivity contribution < 1.29 is 0 Å². The van der Waals surface area contributed by atoms with E-state index in [1.165, 1.54) is 38.9 Å². The first-order valence-electron chi connectivity index (χ1n) is 6.60. The topological polar surface area (TPSA) is 46.0 Å². The van der Waals surface area contributed by atoms with Crippen molar-refractivity contribution in [1.29, 1.82) is 0 Å². The van der Waals surface area contributed by atoms with Crippen molar-refractivity contribution in [3.63, 3.8) is 0 Å². The number of aromatic nitrogens is 3. The Morgan fingerprint density at radius 2 is 2.29 bits per heavy atom. The van der Waals surface area contributed by atoms with Gasteiger partial charge in [0.05, 0.1) is 6.54 Å². The van der Waals surface area contributed by atoms with Gasteiger partial charge in [-0.1, -0.05) is 0 Å². The number of rotatable bonds is 5. The fourth-order valence-electron chi connectivity index (χ4n) is 2.50. The molecule has 1 aliphatic carbocycles. The van der Waals surface area contributed by atoms with E-state index in [1.54, 1.807) is 11.0 Å². The molecule has 1 aromatic rings.